The normalized spacial score (nSPS) is 12.2. The molecule has 1 heterocycles. The third-order valence-electron chi connectivity index (χ3n) is 3.02. The van der Waals surface area contributed by atoms with Crippen molar-refractivity contribution in [2.75, 3.05) is 0 Å². The van der Waals surface area contributed by atoms with Gasteiger partial charge in [-0.2, -0.15) is 0 Å². The number of benzene rings is 1. The number of nitrogens with one attached hydrogen (secondary N) is 1. The first kappa shape index (κ1) is 14.3. The summed E-state index contributed by atoms with van der Waals surface area (Å²) < 4.78 is 0. The molecule has 3 nitrogen and oxygen atoms in total. The Kier molecular flexibility index (Phi) is 4.88. The van der Waals surface area contributed by atoms with Crippen molar-refractivity contribution in [3.63, 3.8) is 0 Å². The maximum atomic E-state index is 12.1. The lowest BCUT2D eigenvalue weighted by Gasteiger charge is -2.19. The number of aromatic nitrogens is 1. The molecule has 1 aromatic heterocycles. The van der Waals surface area contributed by atoms with E-state index in [2.05, 4.69) is 10.3 Å². The third kappa shape index (κ3) is 3.92. The van der Waals surface area contributed by atoms with E-state index in [-0.39, 0.29) is 11.9 Å². The molecule has 2 aromatic rings. The first-order chi connectivity index (χ1) is 9.66. The molecular weight excluding hydrogens is 248 g/mol. The van der Waals surface area contributed by atoms with Crippen LogP contribution >= 0.6 is 0 Å². The van der Waals surface area contributed by atoms with Gasteiger partial charge in [0.15, 0.2) is 0 Å². The Labute approximate surface area is 120 Å². The minimum atomic E-state index is -0.191. The van der Waals surface area contributed by atoms with Gasteiger partial charge in [0.1, 0.15) is 0 Å². The number of amides is 1. The minimum absolute atomic E-state index is 0.0551. The van der Waals surface area contributed by atoms with Crippen LogP contribution in [0.1, 0.15) is 37.6 Å². The van der Waals surface area contributed by atoms with Gasteiger partial charge in [0.05, 0.1) is 11.7 Å². The highest BCUT2D eigenvalue weighted by Crippen LogP contribution is 2.20. The number of carbonyl (C=O) groups is 1. The van der Waals surface area contributed by atoms with E-state index in [0.29, 0.717) is 12.3 Å². The average molecular weight is 268 g/mol. The first-order valence-electron chi connectivity index (χ1n) is 6.92. The number of rotatable bonds is 5. The smallest absolute Gasteiger partial charge is 0.221 e. The second-order valence-electron chi connectivity index (χ2n) is 5.26. The summed E-state index contributed by atoms with van der Waals surface area (Å²) in [6.45, 7) is 4.08. The van der Waals surface area contributed by atoms with Crippen LogP contribution in [-0.4, -0.2) is 10.9 Å². The van der Waals surface area contributed by atoms with Gasteiger partial charge < -0.3 is 5.32 Å². The highest BCUT2D eigenvalue weighted by Gasteiger charge is 2.18. The van der Waals surface area contributed by atoms with Crippen LogP contribution in [0.25, 0.3) is 0 Å². The number of nitrogens with zero attached hydrogens (tertiary/aromatic N) is 1. The predicted octanol–water partition coefficient (Wildman–Crippen LogP) is 3.33. The number of pyridine rings is 1. The van der Waals surface area contributed by atoms with E-state index in [0.717, 1.165) is 11.3 Å². The van der Waals surface area contributed by atoms with Gasteiger partial charge in [-0.3, -0.25) is 9.78 Å². The molecule has 1 unspecified atom stereocenters. The van der Waals surface area contributed by atoms with Crippen LogP contribution in [0.2, 0.25) is 0 Å². The van der Waals surface area contributed by atoms with Crippen LogP contribution < -0.4 is 5.32 Å². The zero-order valence-corrected chi connectivity index (χ0v) is 11.9. The minimum Gasteiger partial charge on any atom is -0.344 e. The van der Waals surface area contributed by atoms with Gasteiger partial charge in [-0.1, -0.05) is 50.2 Å². The van der Waals surface area contributed by atoms with Gasteiger partial charge in [0, 0.05) is 12.6 Å². The molecular formula is C17H20N2O. The summed E-state index contributed by atoms with van der Waals surface area (Å²) in [6.07, 6.45) is 2.27. The Morgan fingerprint density at radius 3 is 2.40 bits per heavy atom. The third-order valence-corrected chi connectivity index (χ3v) is 3.02. The lowest BCUT2D eigenvalue weighted by molar-refractivity contribution is -0.122. The van der Waals surface area contributed by atoms with Gasteiger partial charge in [-0.05, 0) is 23.6 Å². The van der Waals surface area contributed by atoms with E-state index in [1.54, 1.807) is 6.20 Å². The summed E-state index contributed by atoms with van der Waals surface area (Å²) in [7, 11) is 0. The quantitative estimate of drug-likeness (QED) is 0.903. The zero-order chi connectivity index (χ0) is 14.4. The summed E-state index contributed by atoms with van der Waals surface area (Å²) in [4.78, 5) is 16.4. The van der Waals surface area contributed by atoms with Gasteiger partial charge in [-0.25, -0.2) is 0 Å². The van der Waals surface area contributed by atoms with Crippen molar-refractivity contribution in [3.05, 3.63) is 66.0 Å². The molecule has 1 amide bonds. The highest BCUT2D eigenvalue weighted by atomic mass is 16.1. The molecule has 1 atom stereocenters. The lowest BCUT2D eigenvalue weighted by atomic mass is 10.0. The maximum absolute atomic E-state index is 12.1. The Hall–Kier alpha value is -2.16. The van der Waals surface area contributed by atoms with E-state index >= 15 is 0 Å². The molecule has 1 N–H and O–H groups in total. The van der Waals surface area contributed by atoms with Crippen molar-refractivity contribution >= 4 is 5.91 Å². The molecule has 0 aliphatic heterocycles. The summed E-state index contributed by atoms with van der Waals surface area (Å²) in [5, 5.41) is 3.08. The largest absolute Gasteiger partial charge is 0.344 e. The van der Waals surface area contributed by atoms with Crippen LogP contribution in [0, 0.1) is 5.92 Å². The Morgan fingerprint density at radius 1 is 1.10 bits per heavy atom. The second kappa shape index (κ2) is 6.85. The topological polar surface area (TPSA) is 42.0 Å². The predicted molar refractivity (Wildman–Crippen MR) is 80.1 cm³/mol. The monoisotopic (exact) mass is 268 g/mol. The molecule has 0 aliphatic carbocycles. The van der Waals surface area contributed by atoms with Crippen LogP contribution in [0.5, 0.6) is 0 Å². The fourth-order valence-electron chi connectivity index (χ4n) is 2.11. The molecule has 1 aromatic carbocycles. The second-order valence-corrected chi connectivity index (χ2v) is 5.26. The fraction of sp³-hybridized carbons (Fsp3) is 0.294. The molecule has 3 heteroatoms. The van der Waals surface area contributed by atoms with Gasteiger partial charge in [-0.15, -0.1) is 0 Å². The van der Waals surface area contributed by atoms with Crippen molar-refractivity contribution in [3.8, 4) is 0 Å². The number of hydrogen-bond acceptors (Lipinski definition) is 2. The van der Waals surface area contributed by atoms with Crippen molar-refractivity contribution in [1.29, 1.82) is 0 Å². The van der Waals surface area contributed by atoms with Crippen molar-refractivity contribution < 1.29 is 4.79 Å². The summed E-state index contributed by atoms with van der Waals surface area (Å²) in [6, 6.07) is 15.5. The van der Waals surface area contributed by atoms with E-state index in [1.807, 2.05) is 62.4 Å². The van der Waals surface area contributed by atoms with Crippen molar-refractivity contribution in [2.45, 2.75) is 26.3 Å². The summed E-state index contributed by atoms with van der Waals surface area (Å²) in [5.41, 5.74) is 1.90. The van der Waals surface area contributed by atoms with Crippen LogP contribution in [-0.2, 0) is 4.79 Å². The molecule has 0 saturated heterocycles. The Bertz CT molecular complexity index is 498. The zero-order valence-electron chi connectivity index (χ0n) is 11.9. The molecule has 0 spiro atoms. The lowest BCUT2D eigenvalue weighted by Crippen LogP contribution is -2.30. The molecule has 20 heavy (non-hydrogen) atoms. The van der Waals surface area contributed by atoms with Crippen LogP contribution in [0.3, 0.4) is 0 Å². The van der Waals surface area contributed by atoms with Crippen molar-refractivity contribution in [2.24, 2.45) is 5.92 Å². The maximum Gasteiger partial charge on any atom is 0.221 e. The molecule has 0 bridgehead atoms. The molecule has 0 fully saturated rings. The van der Waals surface area contributed by atoms with Gasteiger partial charge >= 0.3 is 0 Å². The van der Waals surface area contributed by atoms with Crippen LogP contribution in [0.4, 0.5) is 0 Å². The molecule has 0 aliphatic rings. The van der Waals surface area contributed by atoms with Crippen LogP contribution in [0.15, 0.2) is 54.7 Å². The van der Waals surface area contributed by atoms with E-state index in [9.17, 15) is 4.79 Å². The first-order valence-corrected chi connectivity index (χ1v) is 6.92. The summed E-state index contributed by atoms with van der Waals surface area (Å²) >= 11 is 0. The van der Waals surface area contributed by atoms with E-state index in [4.69, 9.17) is 0 Å². The Morgan fingerprint density at radius 2 is 1.80 bits per heavy atom. The van der Waals surface area contributed by atoms with E-state index in [1.165, 1.54) is 0 Å². The average Bonchev–Trinajstić information content (AvgIpc) is 2.46. The van der Waals surface area contributed by atoms with Crippen molar-refractivity contribution in [1.82, 2.24) is 10.3 Å². The molecule has 2 rings (SSSR count). The SMILES string of the molecule is CC(C)CC(=O)NC(c1ccccc1)c1ccccn1. The fourth-order valence-corrected chi connectivity index (χ4v) is 2.11. The highest BCUT2D eigenvalue weighted by molar-refractivity contribution is 5.77. The molecule has 104 valence electrons. The number of hydrogen-bond donors (Lipinski definition) is 1. The Balaban J connectivity index is 2.24. The van der Waals surface area contributed by atoms with Gasteiger partial charge in [0.2, 0.25) is 5.91 Å². The van der Waals surface area contributed by atoms with E-state index < -0.39 is 0 Å². The van der Waals surface area contributed by atoms with Gasteiger partial charge in [0.25, 0.3) is 0 Å². The standard InChI is InChI=1S/C17H20N2O/c1-13(2)12-16(20)19-17(14-8-4-3-5-9-14)15-10-6-7-11-18-15/h3-11,13,17H,12H2,1-2H3,(H,19,20). The molecule has 0 saturated carbocycles. The number of carbonyl (C=O) groups excluding carboxylic acids is 1. The summed E-state index contributed by atoms with van der Waals surface area (Å²) in [5.74, 6) is 0.398. The molecule has 0 radical (unpaired) electrons.